The highest BCUT2D eigenvalue weighted by molar-refractivity contribution is 9.10. The van der Waals surface area contributed by atoms with Gasteiger partial charge >= 0.3 is 6.03 Å². The molecule has 186 valence electrons. The van der Waals surface area contributed by atoms with Gasteiger partial charge in [0.1, 0.15) is 23.0 Å². The van der Waals surface area contributed by atoms with Crippen molar-refractivity contribution in [2.45, 2.75) is 39.6 Å². The molecule has 9 nitrogen and oxygen atoms in total. The molecule has 0 bridgehead atoms. The highest BCUT2D eigenvalue weighted by atomic mass is 79.9. The number of benzene rings is 1. The second-order valence-corrected chi connectivity index (χ2v) is 10.2. The van der Waals surface area contributed by atoms with E-state index in [1.54, 1.807) is 12.1 Å². The van der Waals surface area contributed by atoms with Gasteiger partial charge in [0.15, 0.2) is 0 Å². The quantitative estimate of drug-likeness (QED) is 0.433. The third-order valence-electron chi connectivity index (χ3n) is 5.19. The van der Waals surface area contributed by atoms with Crippen molar-refractivity contribution in [3.63, 3.8) is 0 Å². The highest BCUT2D eigenvalue weighted by Gasteiger charge is 2.24. The zero-order valence-electron chi connectivity index (χ0n) is 19.3. The molecule has 34 heavy (non-hydrogen) atoms. The number of urea groups is 1. The lowest BCUT2D eigenvalue weighted by Gasteiger charge is -2.36. The summed E-state index contributed by atoms with van der Waals surface area (Å²) in [5.41, 5.74) is 5.72. The topological polar surface area (TPSA) is 119 Å². The van der Waals surface area contributed by atoms with Crippen LogP contribution in [0.2, 0.25) is 0 Å². The lowest BCUT2D eigenvalue weighted by atomic mass is 10.1. The highest BCUT2D eigenvalue weighted by Crippen LogP contribution is 2.31. The molecule has 4 N–H and O–H groups in total. The maximum Gasteiger partial charge on any atom is 0.319 e. The standard InChI is InChI=1S/C22H29BrFN5O4S/c1-12(8-29-9-13(2)33-14(3)10-29)7-26-22(31)27-21-18(19(25)30)20(28-34-21)32-11-15-4-5-16(23)6-17(15)24/h4-6,12-14H,7-11H2,1-3H3,(H2,25,30)(H2,26,27,31). The Labute approximate surface area is 210 Å². The van der Waals surface area contributed by atoms with Crippen LogP contribution in [-0.4, -0.2) is 59.6 Å². The number of morpholine rings is 1. The van der Waals surface area contributed by atoms with Gasteiger partial charge < -0.3 is 20.5 Å². The summed E-state index contributed by atoms with van der Waals surface area (Å²) in [6.07, 6.45) is 0.366. The monoisotopic (exact) mass is 557 g/mol. The SMILES string of the molecule is CC(CNC(=O)Nc1snc(OCc2ccc(Br)cc2F)c1C(N)=O)CN1CC(C)OC(C)C1. The van der Waals surface area contributed by atoms with Crippen LogP contribution in [0.3, 0.4) is 0 Å². The van der Waals surface area contributed by atoms with Gasteiger partial charge in [-0.15, -0.1) is 0 Å². The molecule has 0 aliphatic carbocycles. The van der Waals surface area contributed by atoms with Crippen LogP contribution in [0.1, 0.15) is 36.7 Å². The number of nitrogens with two attached hydrogens (primary N) is 1. The first-order chi connectivity index (χ1) is 16.1. The fourth-order valence-electron chi connectivity index (χ4n) is 3.81. The first kappa shape index (κ1) is 26.3. The third kappa shape index (κ3) is 7.36. The molecule has 1 fully saturated rings. The number of hydrogen-bond donors (Lipinski definition) is 3. The Bertz CT molecular complexity index is 1010. The van der Waals surface area contributed by atoms with E-state index >= 15 is 0 Å². The van der Waals surface area contributed by atoms with Gasteiger partial charge in [0.25, 0.3) is 5.91 Å². The molecule has 0 radical (unpaired) electrons. The van der Waals surface area contributed by atoms with Gasteiger partial charge in [-0.2, -0.15) is 4.37 Å². The molecule has 1 aliphatic heterocycles. The maximum atomic E-state index is 14.0. The second kappa shape index (κ2) is 11.9. The Morgan fingerprint density at radius 1 is 1.38 bits per heavy atom. The lowest BCUT2D eigenvalue weighted by molar-refractivity contribution is -0.0707. The molecular weight excluding hydrogens is 529 g/mol. The zero-order chi connectivity index (χ0) is 24.8. The number of amides is 3. The van der Waals surface area contributed by atoms with Crippen molar-refractivity contribution in [3.8, 4) is 5.88 Å². The van der Waals surface area contributed by atoms with Crippen molar-refractivity contribution in [1.82, 2.24) is 14.6 Å². The van der Waals surface area contributed by atoms with Crippen molar-refractivity contribution in [2.75, 3.05) is 31.5 Å². The van der Waals surface area contributed by atoms with E-state index in [4.69, 9.17) is 15.2 Å². The number of rotatable bonds is 9. The first-order valence-electron chi connectivity index (χ1n) is 10.9. The molecule has 1 aromatic heterocycles. The number of hydrogen-bond acceptors (Lipinski definition) is 7. The summed E-state index contributed by atoms with van der Waals surface area (Å²) in [6, 6.07) is 4.07. The van der Waals surface area contributed by atoms with Crippen LogP contribution < -0.4 is 21.1 Å². The van der Waals surface area contributed by atoms with Gasteiger partial charge in [0.05, 0.1) is 12.2 Å². The minimum absolute atomic E-state index is 0.0537. The first-order valence-corrected chi connectivity index (χ1v) is 12.5. The van der Waals surface area contributed by atoms with Crippen LogP contribution in [0.15, 0.2) is 22.7 Å². The number of nitrogens with zero attached hydrogens (tertiary/aromatic N) is 2. The van der Waals surface area contributed by atoms with Crippen LogP contribution in [0.25, 0.3) is 0 Å². The number of primary amides is 1. The Balaban J connectivity index is 1.53. The Morgan fingerprint density at radius 3 is 2.74 bits per heavy atom. The number of nitrogens with one attached hydrogen (secondary N) is 2. The molecule has 1 saturated heterocycles. The van der Waals surface area contributed by atoms with Crippen LogP contribution >= 0.6 is 27.5 Å². The predicted molar refractivity (Wildman–Crippen MR) is 132 cm³/mol. The van der Waals surface area contributed by atoms with Crippen molar-refractivity contribution < 1.29 is 23.5 Å². The van der Waals surface area contributed by atoms with E-state index in [2.05, 4.69) is 56.6 Å². The number of aromatic nitrogens is 1. The van der Waals surface area contributed by atoms with Gasteiger partial charge in [-0.05, 0) is 43.4 Å². The minimum Gasteiger partial charge on any atom is -0.471 e. The summed E-state index contributed by atoms with van der Waals surface area (Å²) in [7, 11) is 0. The number of anilines is 1. The van der Waals surface area contributed by atoms with E-state index in [1.165, 1.54) is 6.07 Å². The van der Waals surface area contributed by atoms with E-state index < -0.39 is 17.8 Å². The molecular formula is C22H29BrFN5O4S. The minimum atomic E-state index is -0.806. The Morgan fingerprint density at radius 2 is 2.09 bits per heavy atom. The van der Waals surface area contributed by atoms with Gasteiger partial charge in [-0.3, -0.25) is 15.0 Å². The number of ether oxygens (including phenoxy) is 2. The average molecular weight is 558 g/mol. The number of carbonyl (C=O) groups is 2. The normalized spacial score (nSPS) is 19.4. The van der Waals surface area contributed by atoms with E-state index in [-0.39, 0.29) is 46.7 Å². The summed E-state index contributed by atoms with van der Waals surface area (Å²) >= 11 is 4.06. The number of halogens is 2. The summed E-state index contributed by atoms with van der Waals surface area (Å²) in [4.78, 5) is 26.7. The second-order valence-electron chi connectivity index (χ2n) is 8.50. The summed E-state index contributed by atoms with van der Waals surface area (Å²) in [6.45, 7) is 9.01. The molecule has 1 aromatic carbocycles. The van der Waals surface area contributed by atoms with Crippen molar-refractivity contribution in [2.24, 2.45) is 11.7 Å². The zero-order valence-corrected chi connectivity index (χ0v) is 21.7. The summed E-state index contributed by atoms with van der Waals surface area (Å²) in [5, 5.41) is 5.59. The molecule has 2 aromatic rings. The van der Waals surface area contributed by atoms with E-state index in [1.807, 2.05) is 0 Å². The fraction of sp³-hybridized carbons (Fsp3) is 0.500. The third-order valence-corrected chi connectivity index (χ3v) is 6.43. The van der Waals surface area contributed by atoms with Crippen LogP contribution in [0, 0.1) is 11.7 Å². The van der Waals surface area contributed by atoms with Crippen molar-refractivity contribution in [1.29, 1.82) is 0 Å². The van der Waals surface area contributed by atoms with E-state index in [9.17, 15) is 14.0 Å². The van der Waals surface area contributed by atoms with E-state index in [0.29, 0.717) is 11.0 Å². The van der Waals surface area contributed by atoms with Crippen molar-refractivity contribution >= 4 is 44.4 Å². The molecule has 1 aliphatic rings. The fourth-order valence-corrected chi connectivity index (χ4v) is 4.88. The predicted octanol–water partition coefficient (Wildman–Crippen LogP) is 3.59. The molecule has 3 unspecified atom stereocenters. The Kier molecular flexibility index (Phi) is 9.23. The van der Waals surface area contributed by atoms with Crippen LogP contribution in [0.5, 0.6) is 5.88 Å². The van der Waals surface area contributed by atoms with Gasteiger partial charge in [0.2, 0.25) is 5.88 Å². The largest absolute Gasteiger partial charge is 0.471 e. The summed E-state index contributed by atoms with van der Waals surface area (Å²) < 4.78 is 30.0. The molecule has 3 atom stereocenters. The molecule has 3 amide bonds. The Hall–Kier alpha value is -2.28. The number of carbonyl (C=O) groups excluding carboxylic acids is 2. The molecule has 12 heteroatoms. The maximum absolute atomic E-state index is 14.0. The smallest absolute Gasteiger partial charge is 0.319 e. The summed E-state index contributed by atoms with van der Waals surface area (Å²) in [5.74, 6) is -1.11. The van der Waals surface area contributed by atoms with Gasteiger partial charge in [-0.25, -0.2) is 9.18 Å². The van der Waals surface area contributed by atoms with Gasteiger partial charge in [0, 0.05) is 36.2 Å². The van der Waals surface area contributed by atoms with Crippen LogP contribution in [0.4, 0.5) is 14.2 Å². The van der Waals surface area contributed by atoms with E-state index in [0.717, 1.165) is 31.2 Å². The molecule has 3 rings (SSSR count). The van der Waals surface area contributed by atoms with Crippen molar-refractivity contribution in [3.05, 3.63) is 39.6 Å². The molecule has 0 spiro atoms. The average Bonchev–Trinajstić information content (AvgIpc) is 3.13. The molecule has 0 saturated carbocycles. The van der Waals surface area contributed by atoms with Gasteiger partial charge in [-0.1, -0.05) is 28.9 Å². The lowest BCUT2D eigenvalue weighted by Crippen LogP contribution is -2.48. The molecule has 2 heterocycles. The van der Waals surface area contributed by atoms with Crippen LogP contribution in [-0.2, 0) is 11.3 Å².